The van der Waals surface area contributed by atoms with Crippen LogP contribution in [0.1, 0.15) is 24.7 Å². The Balaban J connectivity index is 1.92. The van der Waals surface area contributed by atoms with E-state index in [2.05, 4.69) is 15.2 Å². The first-order valence-electron chi connectivity index (χ1n) is 9.34. The second-order valence-electron chi connectivity index (χ2n) is 6.23. The smallest absolute Gasteiger partial charge is 0.240 e. The predicted octanol–water partition coefficient (Wildman–Crippen LogP) is 4.84. The van der Waals surface area contributed by atoms with E-state index < -0.39 is 5.25 Å². The second kappa shape index (κ2) is 9.80. The molecule has 0 radical (unpaired) electrons. The van der Waals surface area contributed by atoms with E-state index in [1.165, 1.54) is 11.8 Å². The molecule has 1 atom stereocenters. The summed E-state index contributed by atoms with van der Waals surface area (Å²) in [6, 6.07) is 15.0. The van der Waals surface area contributed by atoms with Crippen LogP contribution in [0.3, 0.4) is 0 Å². The van der Waals surface area contributed by atoms with E-state index >= 15 is 0 Å². The highest BCUT2D eigenvalue weighted by Gasteiger charge is 2.27. The second-order valence-corrected chi connectivity index (χ2v) is 7.74. The van der Waals surface area contributed by atoms with Crippen molar-refractivity contribution in [2.45, 2.75) is 24.3 Å². The average molecular weight is 431 g/mol. The van der Waals surface area contributed by atoms with E-state index in [0.717, 1.165) is 5.56 Å². The van der Waals surface area contributed by atoms with Gasteiger partial charge in [-0.1, -0.05) is 53.7 Å². The molecule has 0 fully saturated rings. The van der Waals surface area contributed by atoms with Crippen molar-refractivity contribution in [2.75, 3.05) is 20.2 Å². The molecule has 0 aliphatic rings. The largest absolute Gasteiger partial charge is 0.496 e. The highest BCUT2D eigenvalue weighted by Crippen LogP contribution is 2.37. The van der Waals surface area contributed by atoms with Gasteiger partial charge in [-0.2, -0.15) is 0 Å². The van der Waals surface area contributed by atoms with Crippen molar-refractivity contribution in [3.8, 4) is 17.1 Å². The number of rotatable bonds is 8. The molecule has 0 aliphatic heterocycles. The lowest BCUT2D eigenvalue weighted by molar-refractivity contribution is -0.130. The summed E-state index contributed by atoms with van der Waals surface area (Å²) in [4.78, 5) is 19.5. The number of halogens is 1. The maximum atomic E-state index is 13.1. The van der Waals surface area contributed by atoms with Gasteiger partial charge in [-0.05, 0) is 37.6 Å². The van der Waals surface area contributed by atoms with Crippen molar-refractivity contribution in [3.63, 3.8) is 0 Å². The van der Waals surface area contributed by atoms with Gasteiger partial charge in [0.05, 0.1) is 12.7 Å². The van der Waals surface area contributed by atoms with E-state index in [4.69, 9.17) is 16.3 Å². The van der Waals surface area contributed by atoms with Crippen LogP contribution in [0, 0.1) is 0 Å². The summed E-state index contributed by atoms with van der Waals surface area (Å²) in [5, 5.41) is 7.87. The number of likely N-dealkylation sites (N-methyl/N-ethyl adjacent to an activating group) is 1. The number of amides is 1. The van der Waals surface area contributed by atoms with Crippen LogP contribution in [-0.4, -0.2) is 46.2 Å². The molecule has 0 saturated carbocycles. The van der Waals surface area contributed by atoms with Gasteiger partial charge in [-0.25, -0.2) is 4.98 Å². The summed E-state index contributed by atoms with van der Waals surface area (Å²) in [6.45, 7) is 5.26. The molecule has 1 unspecified atom stereocenters. The molecule has 1 amide bonds. The molecule has 0 bridgehead atoms. The molecule has 0 saturated heterocycles. The Morgan fingerprint density at radius 1 is 1.21 bits per heavy atom. The minimum absolute atomic E-state index is 0.0397. The molecule has 29 heavy (non-hydrogen) atoms. The fourth-order valence-electron chi connectivity index (χ4n) is 2.98. The molecule has 152 valence electrons. The number of aromatic amines is 1. The number of hydrogen-bond acceptors (Lipinski definition) is 5. The number of nitrogens with one attached hydrogen (secondary N) is 1. The third-order valence-corrected chi connectivity index (χ3v) is 5.84. The Hall–Kier alpha value is -2.51. The first kappa shape index (κ1) is 21.2. The first-order valence-corrected chi connectivity index (χ1v) is 10.6. The van der Waals surface area contributed by atoms with E-state index in [9.17, 15) is 4.79 Å². The number of thioether (sulfide) groups is 1. The maximum absolute atomic E-state index is 13.1. The van der Waals surface area contributed by atoms with Gasteiger partial charge >= 0.3 is 0 Å². The van der Waals surface area contributed by atoms with E-state index in [1.807, 2.05) is 49.1 Å². The minimum Gasteiger partial charge on any atom is -0.496 e. The molecule has 2 aromatic carbocycles. The van der Waals surface area contributed by atoms with Gasteiger partial charge in [0.2, 0.25) is 11.1 Å². The maximum Gasteiger partial charge on any atom is 0.240 e. The SMILES string of the molecule is CCN(CC)C(=O)C(Sc1n[nH]c(-c2cc(Cl)ccc2OC)n1)c1ccccc1. The Kier molecular flexibility index (Phi) is 7.17. The van der Waals surface area contributed by atoms with Crippen LogP contribution in [0.2, 0.25) is 5.02 Å². The van der Waals surface area contributed by atoms with Gasteiger partial charge in [0.25, 0.3) is 0 Å². The van der Waals surface area contributed by atoms with Crippen molar-refractivity contribution in [1.29, 1.82) is 0 Å². The molecule has 3 rings (SSSR count). The van der Waals surface area contributed by atoms with Crippen LogP contribution in [-0.2, 0) is 4.79 Å². The number of benzene rings is 2. The van der Waals surface area contributed by atoms with Gasteiger partial charge in [0.1, 0.15) is 11.0 Å². The minimum atomic E-state index is -0.430. The Morgan fingerprint density at radius 2 is 1.93 bits per heavy atom. The number of hydrogen-bond donors (Lipinski definition) is 1. The number of ether oxygens (including phenoxy) is 1. The number of aromatic nitrogens is 3. The summed E-state index contributed by atoms with van der Waals surface area (Å²) in [5.74, 6) is 1.22. The van der Waals surface area contributed by atoms with Crippen LogP contribution in [0.4, 0.5) is 0 Å². The normalized spacial score (nSPS) is 11.9. The lowest BCUT2D eigenvalue weighted by atomic mass is 10.1. The summed E-state index contributed by atoms with van der Waals surface area (Å²) >= 11 is 7.45. The van der Waals surface area contributed by atoms with Crippen LogP contribution in [0.25, 0.3) is 11.4 Å². The van der Waals surface area contributed by atoms with Crippen LogP contribution in [0.5, 0.6) is 5.75 Å². The Bertz CT molecular complexity index is 960. The molecule has 3 aromatic rings. The molecule has 1 aromatic heterocycles. The highest BCUT2D eigenvalue weighted by atomic mass is 35.5. The number of H-pyrrole nitrogens is 1. The van der Waals surface area contributed by atoms with E-state index in [0.29, 0.717) is 40.4 Å². The Morgan fingerprint density at radius 3 is 2.59 bits per heavy atom. The van der Waals surface area contributed by atoms with Crippen molar-refractivity contribution >= 4 is 29.3 Å². The fraction of sp³-hybridized carbons (Fsp3) is 0.286. The monoisotopic (exact) mass is 430 g/mol. The highest BCUT2D eigenvalue weighted by molar-refractivity contribution is 8.00. The topological polar surface area (TPSA) is 71.1 Å². The Labute approximate surface area is 179 Å². The standard InChI is InChI=1S/C21H23ClN4O2S/c1-4-26(5-2)20(27)18(14-9-7-6-8-10-14)29-21-23-19(24-25-21)16-13-15(22)11-12-17(16)28-3/h6-13,18H,4-5H2,1-3H3,(H,23,24,25). The summed E-state index contributed by atoms with van der Waals surface area (Å²) < 4.78 is 5.40. The third-order valence-electron chi connectivity index (χ3n) is 4.51. The van der Waals surface area contributed by atoms with Crippen molar-refractivity contribution < 1.29 is 9.53 Å². The predicted molar refractivity (Wildman–Crippen MR) is 116 cm³/mol. The fourth-order valence-corrected chi connectivity index (χ4v) is 4.15. The summed E-state index contributed by atoms with van der Waals surface area (Å²) in [6.07, 6.45) is 0. The zero-order valence-electron chi connectivity index (χ0n) is 16.6. The summed E-state index contributed by atoms with van der Waals surface area (Å²) in [7, 11) is 1.59. The van der Waals surface area contributed by atoms with Gasteiger partial charge in [0.15, 0.2) is 5.82 Å². The molecule has 8 heteroatoms. The number of methoxy groups -OCH3 is 1. The van der Waals surface area contributed by atoms with Crippen LogP contribution in [0.15, 0.2) is 53.7 Å². The van der Waals surface area contributed by atoms with Gasteiger partial charge in [0, 0.05) is 18.1 Å². The molecule has 1 heterocycles. The van der Waals surface area contributed by atoms with E-state index in [1.54, 1.807) is 25.3 Å². The molecule has 6 nitrogen and oxygen atoms in total. The zero-order chi connectivity index (χ0) is 20.8. The number of carbonyl (C=O) groups excluding carboxylic acids is 1. The van der Waals surface area contributed by atoms with Crippen molar-refractivity contribution in [1.82, 2.24) is 20.1 Å². The van der Waals surface area contributed by atoms with Crippen LogP contribution < -0.4 is 4.74 Å². The quantitative estimate of drug-likeness (QED) is 0.518. The molecule has 1 N–H and O–H groups in total. The number of nitrogens with zero attached hydrogens (tertiary/aromatic N) is 3. The molecular formula is C21H23ClN4O2S. The van der Waals surface area contributed by atoms with Crippen LogP contribution >= 0.6 is 23.4 Å². The first-order chi connectivity index (χ1) is 14.1. The molecule has 0 aliphatic carbocycles. The lowest BCUT2D eigenvalue weighted by Gasteiger charge is -2.24. The summed E-state index contributed by atoms with van der Waals surface area (Å²) in [5.41, 5.74) is 1.63. The average Bonchev–Trinajstić information content (AvgIpc) is 3.22. The van der Waals surface area contributed by atoms with Crippen molar-refractivity contribution in [3.05, 3.63) is 59.1 Å². The van der Waals surface area contributed by atoms with Gasteiger partial charge in [-0.15, -0.1) is 5.10 Å². The lowest BCUT2D eigenvalue weighted by Crippen LogP contribution is -2.33. The number of carbonyl (C=O) groups is 1. The third kappa shape index (κ3) is 4.92. The molecule has 0 spiro atoms. The van der Waals surface area contributed by atoms with E-state index in [-0.39, 0.29) is 5.91 Å². The molecular weight excluding hydrogens is 408 g/mol. The zero-order valence-corrected chi connectivity index (χ0v) is 18.1. The van der Waals surface area contributed by atoms with Crippen molar-refractivity contribution in [2.24, 2.45) is 0 Å². The van der Waals surface area contributed by atoms with Gasteiger partial charge < -0.3 is 9.64 Å². The van der Waals surface area contributed by atoms with Gasteiger partial charge in [-0.3, -0.25) is 9.89 Å².